The van der Waals surface area contributed by atoms with E-state index in [-0.39, 0.29) is 33.7 Å². The second kappa shape index (κ2) is 10.5. The van der Waals surface area contributed by atoms with Gasteiger partial charge in [0.05, 0.1) is 27.9 Å². The molecule has 0 aliphatic carbocycles. The van der Waals surface area contributed by atoms with Crippen LogP contribution in [-0.2, 0) is 4.74 Å². The van der Waals surface area contributed by atoms with Crippen LogP contribution in [0.15, 0.2) is 97.1 Å². The minimum atomic E-state index is -0.862. The van der Waals surface area contributed by atoms with Crippen LogP contribution in [0.2, 0.25) is 0 Å². The first-order valence-electron chi connectivity index (χ1n) is 12.0. The number of aryl methyl sites for hydroxylation is 1. The van der Waals surface area contributed by atoms with Gasteiger partial charge in [-0.3, -0.25) is 14.4 Å². The third kappa shape index (κ3) is 5.08. The van der Waals surface area contributed by atoms with Gasteiger partial charge >= 0.3 is 11.9 Å². The summed E-state index contributed by atoms with van der Waals surface area (Å²) in [5, 5.41) is 0. The Morgan fingerprint density at radius 1 is 0.667 bits per heavy atom. The molecule has 1 aliphatic rings. The molecule has 4 aromatic carbocycles. The summed E-state index contributed by atoms with van der Waals surface area (Å²) in [7, 11) is 0. The van der Waals surface area contributed by atoms with E-state index in [9.17, 15) is 24.0 Å². The molecule has 0 bridgehead atoms. The standard InChI is InChI=1S/C31H21NO7/c1-19-10-12-21(13-11-19)30(36)39-22-16-14-20(15-17-22)27(33)18-38-31(37)25-8-4-5-9-26(25)32-28(34)23-6-2-3-7-24(23)29(32)35/h2-17H,18H2,1H3. The number of anilines is 1. The molecule has 0 spiro atoms. The number of imide groups is 1. The van der Waals surface area contributed by atoms with Gasteiger partial charge in [0.1, 0.15) is 5.75 Å². The van der Waals surface area contributed by atoms with Crippen LogP contribution in [0.3, 0.4) is 0 Å². The molecule has 1 aliphatic heterocycles. The summed E-state index contributed by atoms with van der Waals surface area (Å²) < 4.78 is 10.6. The van der Waals surface area contributed by atoms with E-state index in [2.05, 4.69) is 0 Å². The minimum Gasteiger partial charge on any atom is -0.454 e. The molecule has 0 atom stereocenters. The van der Waals surface area contributed by atoms with Crippen molar-refractivity contribution in [1.82, 2.24) is 0 Å². The van der Waals surface area contributed by atoms with Crippen molar-refractivity contribution in [3.8, 4) is 5.75 Å². The Kier molecular flexibility index (Phi) is 6.84. The van der Waals surface area contributed by atoms with E-state index in [1.807, 2.05) is 6.92 Å². The van der Waals surface area contributed by atoms with Gasteiger partial charge in [0.25, 0.3) is 11.8 Å². The number of ether oxygens (including phenoxy) is 2. The van der Waals surface area contributed by atoms with Gasteiger partial charge in [-0.25, -0.2) is 14.5 Å². The highest BCUT2D eigenvalue weighted by Gasteiger charge is 2.38. The molecule has 0 saturated heterocycles. The number of hydrogen-bond donors (Lipinski definition) is 0. The van der Waals surface area contributed by atoms with Crippen molar-refractivity contribution in [3.05, 3.63) is 130 Å². The Hall–Kier alpha value is -5.37. The van der Waals surface area contributed by atoms with E-state index in [1.165, 1.54) is 36.4 Å². The quantitative estimate of drug-likeness (QED) is 0.145. The second-order valence-corrected chi connectivity index (χ2v) is 8.79. The lowest BCUT2D eigenvalue weighted by molar-refractivity contribution is 0.0475. The van der Waals surface area contributed by atoms with Gasteiger partial charge in [0, 0.05) is 5.56 Å². The van der Waals surface area contributed by atoms with Crippen molar-refractivity contribution in [3.63, 3.8) is 0 Å². The van der Waals surface area contributed by atoms with Crippen molar-refractivity contribution in [2.45, 2.75) is 6.92 Å². The van der Waals surface area contributed by atoms with Gasteiger partial charge < -0.3 is 9.47 Å². The Balaban J connectivity index is 1.24. The van der Waals surface area contributed by atoms with Crippen molar-refractivity contribution >= 4 is 35.2 Å². The van der Waals surface area contributed by atoms with E-state index < -0.39 is 36.1 Å². The predicted molar refractivity (Wildman–Crippen MR) is 141 cm³/mol. The molecule has 8 nitrogen and oxygen atoms in total. The van der Waals surface area contributed by atoms with Crippen molar-refractivity contribution in [1.29, 1.82) is 0 Å². The van der Waals surface area contributed by atoms with Crippen LogP contribution in [0.4, 0.5) is 5.69 Å². The zero-order valence-electron chi connectivity index (χ0n) is 20.7. The van der Waals surface area contributed by atoms with E-state index in [4.69, 9.17) is 9.47 Å². The van der Waals surface area contributed by atoms with Crippen molar-refractivity contribution in [2.24, 2.45) is 0 Å². The zero-order valence-corrected chi connectivity index (χ0v) is 20.7. The van der Waals surface area contributed by atoms with Crippen molar-refractivity contribution < 1.29 is 33.4 Å². The lowest BCUT2D eigenvalue weighted by Gasteiger charge is -2.17. The molecule has 2 amide bonds. The monoisotopic (exact) mass is 519 g/mol. The van der Waals surface area contributed by atoms with Crippen LogP contribution >= 0.6 is 0 Å². The number of hydrogen-bond acceptors (Lipinski definition) is 7. The largest absolute Gasteiger partial charge is 0.454 e. The number of para-hydroxylation sites is 1. The number of esters is 2. The van der Waals surface area contributed by atoms with Gasteiger partial charge in [-0.2, -0.15) is 0 Å². The first kappa shape index (κ1) is 25.3. The lowest BCUT2D eigenvalue weighted by atomic mass is 10.1. The van der Waals surface area contributed by atoms with Crippen LogP contribution in [-0.4, -0.2) is 36.1 Å². The predicted octanol–water partition coefficient (Wildman–Crippen LogP) is 5.05. The molecule has 0 N–H and O–H groups in total. The van der Waals surface area contributed by atoms with E-state index in [0.717, 1.165) is 10.5 Å². The van der Waals surface area contributed by atoms with Crippen LogP contribution < -0.4 is 9.64 Å². The summed E-state index contributed by atoms with van der Waals surface area (Å²) in [6, 6.07) is 25.2. The molecule has 192 valence electrons. The van der Waals surface area contributed by atoms with Crippen molar-refractivity contribution in [2.75, 3.05) is 11.5 Å². The normalized spacial score (nSPS) is 12.2. The maximum Gasteiger partial charge on any atom is 0.343 e. The van der Waals surface area contributed by atoms with Gasteiger partial charge in [-0.05, 0) is 67.6 Å². The molecular formula is C31H21NO7. The third-order valence-corrected chi connectivity index (χ3v) is 6.17. The van der Waals surface area contributed by atoms with Crippen LogP contribution in [0, 0.1) is 6.92 Å². The summed E-state index contributed by atoms with van der Waals surface area (Å²) in [6.45, 7) is 1.34. The highest BCUT2D eigenvalue weighted by Crippen LogP contribution is 2.31. The molecule has 5 rings (SSSR count). The Labute approximate surface area is 223 Å². The smallest absolute Gasteiger partial charge is 0.343 e. The number of carbonyl (C=O) groups is 5. The number of Topliss-reactive ketones (excluding diaryl/α,β-unsaturated/α-hetero) is 1. The molecule has 1 heterocycles. The fraction of sp³-hybridized carbons (Fsp3) is 0.0645. The van der Waals surface area contributed by atoms with Gasteiger partial charge in [0.2, 0.25) is 0 Å². The first-order valence-corrected chi connectivity index (χ1v) is 12.0. The van der Waals surface area contributed by atoms with E-state index >= 15 is 0 Å². The molecule has 0 unspecified atom stereocenters. The summed E-state index contributed by atoms with van der Waals surface area (Å²) in [6.07, 6.45) is 0. The Bertz CT molecular complexity index is 1590. The fourth-order valence-corrected chi connectivity index (χ4v) is 4.11. The lowest BCUT2D eigenvalue weighted by Crippen LogP contribution is -2.31. The molecule has 0 fully saturated rings. The molecular weight excluding hydrogens is 498 g/mol. The Morgan fingerprint density at radius 2 is 1.23 bits per heavy atom. The Morgan fingerprint density at radius 3 is 1.87 bits per heavy atom. The minimum absolute atomic E-state index is 0.0295. The van der Waals surface area contributed by atoms with Crippen LogP contribution in [0.25, 0.3) is 0 Å². The van der Waals surface area contributed by atoms with Gasteiger partial charge in [-0.15, -0.1) is 0 Å². The maximum absolute atomic E-state index is 12.9. The summed E-state index contributed by atoms with van der Waals surface area (Å²) >= 11 is 0. The number of amides is 2. The van der Waals surface area contributed by atoms with Crippen LogP contribution in [0.5, 0.6) is 5.75 Å². The zero-order chi connectivity index (χ0) is 27.5. The molecule has 0 saturated carbocycles. The SMILES string of the molecule is Cc1ccc(C(=O)Oc2ccc(C(=O)COC(=O)c3ccccc3N3C(=O)c4ccccc4C3=O)cc2)cc1. The summed E-state index contributed by atoms with van der Waals surface area (Å²) in [4.78, 5) is 64.6. The molecule has 8 heteroatoms. The van der Waals surface area contributed by atoms with Crippen LogP contribution in [0.1, 0.15) is 57.4 Å². The molecule has 0 aromatic heterocycles. The number of rotatable bonds is 7. The highest BCUT2D eigenvalue weighted by atomic mass is 16.5. The first-order chi connectivity index (χ1) is 18.8. The topological polar surface area (TPSA) is 107 Å². The second-order valence-electron chi connectivity index (χ2n) is 8.79. The number of nitrogens with zero attached hydrogens (tertiary/aromatic N) is 1. The summed E-state index contributed by atoms with van der Waals surface area (Å²) in [5.74, 6) is -2.72. The van der Waals surface area contributed by atoms with Gasteiger partial charge in [0.15, 0.2) is 12.4 Å². The van der Waals surface area contributed by atoms with Gasteiger partial charge in [-0.1, -0.05) is 42.0 Å². The van der Waals surface area contributed by atoms with E-state index in [1.54, 1.807) is 60.7 Å². The number of fused-ring (bicyclic) bond motifs is 1. The number of carbonyl (C=O) groups excluding carboxylic acids is 5. The fourth-order valence-electron chi connectivity index (χ4n) is 4.11. The summed E-state index contributed by atoms with van der Waals surface area (Å²) in [5.41, 5.74) is 2.18. The molecule has 0 radical (unpaired) electrons. The van der Waals surface area contributed by atoms with E-state index in [0.29, 0.717) is 5.56 Å². The number of benzene rings is 4. The average molecular weight is 520 g/mol. The number of ketones is 1. The maximum atomic E-state index is 12.9. The highest BCUT2D eigenvalue weighted by molar-refractivity contribution is 6.35. The molecule has 4 aromatic rings. The molecule has 39 heavy (non-hydrogen) atoms. The third-order valence-electron chi connectivity index (χ3n) is 6.17. The average Bonchev–Trinajstić information content (AvgIpc) is 3.21.